The van der Waals surface area contributed by atoms with E-state index in [2.05, 4.69) is 10.6 Å². The molecule has 0 radical (unpaired) electrons. The van der Waals surface area contributed by atoms with Crippen molar-refractivity contribution in [2.75, 3.05) is 33.9 Å². The average molecular weight is 273 g/mol. The van der Waals surface area contributed by atoms with E-state index in [4.69, 9.17) is 4.74 Å². The summed E-state index contributed by atoms with van der Waals surface area (Å²) in [6.07, 6.45) is 0.724. The number of methoxy groups -OCH3 is 1. The number of rotatable bonds is 8. The van der Waals surface area contributed by atoms with Gasteiger partial charge in [0.15, 0.2) is 0 Å². The van der Waals surface area contributed by atoms with Crippen molar-refractivity contribution in [1.29, 1.82) is 0 Å². The zero-order valence-electron chi connectivity index (χ0n) is 12.0. The Kier molecular flexibility index (Phi) is 8.52. The number of hydrogen-bond donors (Lipinski definition) is 2. The summed E-state index contributed by atoms with van der Waals surface area (Å²) >= 11 is 0. The predicted molar refractivity (Wildman–Crippen MR) is 70.4 cm³/mol. The zero-order chi connectivity index (χ0) is 14.8. The summed E-state index contributed by atoms with van der Waals surface area (Å²) in [5.41, 5.74) is 0. The van der Waals surface area contributed by atoms with E-state index < -0.39 is 6.04 Å². The molecule has 0 rings (SSSR count). The van der Waals surface area contributed by atoms with Gasteiger partial charge in [-0.15, -0.1) is 0 Å². The van der Waals surface area contributed by atoms with Crippen LogP contribution in [-0.2, 0) is 19.1 Å². The van der Waals surface area contributed by atoms with Crippen LogP contribution in [0, 0.1) is 0 Å². The highest BCUT2D eigenvalue weighted by atomic mass is 16.5. The van der Waals surface area contributed by atoms with Gasteiger partial charge >= 0.3 is 0 Å². The van der Waals surface area contributed by atoms with E-state index in [1.165, 1.54) is 18.9 Å². The molecule has 0 heterocycles. The monoisotopic (exact) mass is 273 g/mol. The first kappa shape index (κ1) is 17.4. The van der Waals surface area contributed by atoms with Crippen molar-refractivity contribution in [1.82, 2.24) is 15.5 Å². The summed E-state index contributed by atoms with van der Waals surface area (Å²) in [6, 6.07) is -0.635. The largest absolute Gasteiger partial charge is 0.385 e. The third-order valence-corrected chi connectivity index (χ3v) is 2.39. The quantitative estimate of drug-likeness (QED) is 0.562. The van der Waals surface area contributed by atoms with Gasteiger partial charge in [0, 0.05) is 34.2 Å². The Bertz CT molecular complexity index is 320. The number of nitrogens with zero attached hydrogens (tertiary/aromatic N) is 1. The molecule has 110 valence electrons. The molecule has 0 aromatic rings. The maximum absolute atomic E-state index is 11.8. The summed E-state index contributed by atoms with van der Waals surface area (Å²) in [4.78, 5) is 35.5. The van der Waals surface area contributed by atoms with Crippen molar-refractivity contribution in [3.05, 3.63) is 0 Å². The minimum atomic E-state index is -0.635. The van der Waals surface area contributed by atoms with E-state index in [0.29, 0.717) is 13.2 Å². The molecule has 0 saturated carbocycles. The van der Waals surface area contributed by atoms with Crippen molar-refractivity contribution in [2.45, 2.75) is 26.3 Å². The minimum Gasteiger partial charge on any atom is -0.385 e. The van der Waals surface area contributed by atoms with Crippen LogP contribution in [0.4, 0.5) is 0 Å². The van der Waals surface area contributed by atoms with Gasteiger partial charge in [-0.2, -0.15) is 0 Å². The number of likely N-dealkylation sites (N-methyl/N-ethyl adjacent to an activating group) is 1. The van der Waals surface area contributed by atoms with Crippen LogP contribution in [0.15, 0.2) is 0 Å². The predicted octanol–water partition coefficient (Wildman–Crippen LogP) is -0.878. The first-order valence-corrected chi connectivity index (χ1v) is 6.16. The Labute approximate surface area is 113 Å². The fourth-order valence-corrected chi connectivity index (χ4v) is 1.49. The van der Waals surface area contributed by atoms with Crippen LogP contribution in [0.2, 0.25) is 0 Å². The van der Waals surface area contributed by atoms with Crippen molar-refractivity contribution < 1.29 is 19.1 Å². The van der Waals surface area contributed by atoms with Gasteiger partial charge < -0.3 is 20.3 Å². The summed E-state index contributed by atoms with van der Waals surface area (Å²) in [7, 11) is 3.12. The number of nitrogens with one attached hydrogen (secondary N) is 2. The van der Waals surface area contributed by atoms with E-state index in [1.54, 1.807) is 14.0 Å². The molecule has 7 heteroatoms. The number of amides is 3. The molecular weight excluding hydrogens is 250 g/mol. The van der Waals surface area contributed by atoms with Gasteiger partial charge in [0.05, 0.1) is 6.54 Å². The van der Waals surface area contributed by atoms with Crippen molar-refractivity contribution in [3.63, 3.8) is 0 Å². The van der Waals surface area contributed by atoms with Crippen LogP contribution in [0.1, 0.15) is 20.3 Å². The molecule has 1 unspecified atom stereocenters. The lowest BCUT2D eigenvalue weighted by atomic mass is 10.3. The van der Waals surface area contributed by atoms with Gasteiger partial charge in [-0.1, -0.05) is 0 Å². The Morgan fingerprint density at radius 2 is 1.95 bits per heavy atom. The van der Waals surface area contributed by atoms with Crippen LogP contribution in [0.25, 0.3) is 0 Å². The lowest BCUT2D eigenvalue weighted by Gasteiger charge is -2.21. The number of carbonyl (C=O) groups excluding carboxylic acids is 3. The molecule has 1 atom stereocenters. The van der Waals surface area contributed by atoms with Crippen LogP contribution < -0.4 is 10.6 Å². The maximum Gasteiger partial charge on any atom is 0.245 e. The van der Waals surface area contributed by atoms with Crippen LogP contribution in [0.5, 0.6) is 0 Å². The SMILES string of the molecule is COCCCNC(=O)CN(C)C(=O)C(C)NC(C)=O. The molecule has 7 nitrogen and oxygen atoms in total. The molecule has 0 aromatic heterocycles. The second-order valence-electron chi connectivity index (χ2n) is 4.31. The summed E-state index contributed by atoms with van der Waals surface area (Å²) in [5.74, 6) is -0.817. The van der Waals surface area contributed by atoms with Gasteiger partial charge in [-0.25, -0.2) is 0 Å². The molecule has 0 aliphatic rings. The lowest BCUT2D eigenvalue weighted by Crippen LogP contribution is -2.47. The average Bonchev–Trinajstić information content (AvgIpc) is 2.32. The van der Waals surface area contributed by atoms with Crippen molar-refractivity contribution in [3.8, 4) is 0 Å². The molecule has 0 saturated heterocycles. The second-order valence-corrected chi connectivity index (χ2v) is 4.31. The maximum atomic E-state index is 11.8. The van der Waals surface area contributed by atoms with Crippen LogP contribution in [0.3, 0.4) is 0 Å². The Morgan fingerprint density at radius 3 is 2.47 bits per heavy atom. The highest BCUT2D eigenvalue weighted by Gasteiger charge is 2.19. The molecular formula is C12H23N3O4. The Hall–Kier alpha value is -1.63. The van der Waals surface area contributed by atoms with Gasteiger partial charge in [-0.3, -0.25) is 14.4 Å². The molecule has 0 aliphatic carbocycles. The van der Waals surface area contributed by atoms with Gasteiger partial charge in [0.2, 0.25) is 17.7 Å². The highest BCUT2D eigenvalue weighted by Crippen LogP contribution is 1.92. The molecule has 0 fully saturated rings. The van der Waals surface area contributed by atoms with E-state index in [-0.39, 0.29) is 24.3 Å². The Balaban J connectivity index is 4.00. The van der Waals surface area contributed by atoms with Crippen LogP contribution >= 0.6 is 0 Å². The summed E-state index contributed by atoms with van der Waals surface area (Å²) in [6.45, 7) is 3.98. The lowest BCUT2D eigenvalue weighted by molar-refractivity contribution is -0.137. The highest BCUT2D eigenvalue weighted by molar-refractivity contribution is 5.89. The first-order valence-electron chi connectivity index (χ1n) is 6.16. The summed E-state index contributed by atoms with van der Waals surface area (Å²) in [5, 5.41) is 5.16. The van der Waals surface area contributed by atoms with E-state index in [0.717, 1.165) is 6.42 Å². The van der Waals surface area contributed by atoms with Crippen LogP contribution in [-0.4, -0.2) is 62.5 Å². The van der Waals surface area contributed by atoms with E-state index in [9.17, 15) is 14.4 Å². The molecule has 0 aliphatic heterocycles. The molecule has 0 spiro atoms. The first-order chi connectivity index (χ1) is 8.88. The third kappa shape index (κ3) is 8.15. The number of hydrogen-bond acceptors (Lipinski definition) is 4. The topological polar surface area (TPSA) is 87.7 Å². The third-order valence-electron chi connectivity index (χ3n) is 2.39. The van der Waals surface area contributed by atoms with Crippen molar-refractivity contribution in [2.24, 2.45) is 0 Å². The smallest absolute Gasteiger partial charge is 0.245 e. The van der Waals surface area contributed by atoms with E-state index in [1.807, 2.05) is 0 Å². The van der Waals surface area contributed by atoms with Gasteiger partial charge in [0.1, 0.15) is 6.04 Å². The fraction of sp³-hybridized carbons (Fsp3) is 0.750. The molecule has 0 bridgehead atoms. The molecule has 2 N–H and O–H groups in total. The normalized spacial score (nSPS) is 11.6. The molecule has 0 aromatic carbocycles. The number of ether oxygens (including phenoxy) is 1. The van der Waals surface area contributed by atoms with Crippen molar-refractivity contribution >= 4 is 17.7 Å². The second kappa shape index (κ2) is 9.32. The zero-order valence-corrected chi connectivity index (χ0v) is 12.0. The van der Waals surface area contributed by atoms with Gasteiger partial charge in [-0.05, 0) is 13.3 Å². The summed E-state index contributed by atoms with van der Waals surface area (Å²) < 4.78 is 4.86. The fourth-order valence-electron chi connectivity index (χ4n) is 1.49. The molecule has 3 amide bonds. The Morgan fingerprint density at radius 1 is 1.32 bits per heavy atom. The standard InChI is InChI=1S/C12H23N3O4/c1-9(14-10(2)16)12(18)15(3)8-11(17)13-6-5-7-19-4/h9H,5-8H2,1-4H3,(H,13,17)(H,14,16). The minimum absolute atomic E-state index is 0.0320. The molecule has 19 heavy (non-hydrogen) atoms. The number of carbonyl (C=O) groups is 3. The van der Waals surface area contributed by atoms with Gasteiger partial charge in [0.25, 0.3) is 0 Å². The van der Waals surface area contributed by atoms with E-state index >= 15 is 0 Å².